The van der Waals surface area contributed by atoms with Crippen molar-refractivity contribution in [2.45, 2.75) is 52.1 Å². The van der Waals surface area contributed by atoms with E-state index in [1.807, 2.05) is 0 Å². The molecule has 1 aliphatic rings. The van der Waals surface area contributed by atoms with Crippen molar-refractivity contribution in [2.24, 2.45) is 5.92 Å². The molecule has 0 aromatic rings. The van der Waals surface area contributed by atoms with Gasteiger partial charge in [-0.05, 0) is 31.6 Å². The maximum Gasteiger partial charge on any atom is 0.0577 e. The third-order valence-electron chi connectivity index (χ3n) is 2.64. The number of ether oxygens (including phenoxy) is 1. The van der Waals surface area contributed by atoms with Crippen molar-refractivity contribution in [3.63, 3.8) is 0 Å². The number of hydrogen-bond donors (Lipinski definition) is 0. The van der Waals surface area contributed by atoms with Gasteiger partial charge in [0.2, 0.25) is 0 Å². The summed E-state index contributed by atoms with van der Waals surface area (Å²) in [6, 6.07) is 0. The van der Waals surface area contributed by atoms with Crippen molar-refractivity contribution in [2.75, 3.05) is 6.61 Å². The fourth-order valence-corrected chi connectivity index (χ4v) is 1.61. The van der Waals surface area contributed by atoms with E-state index in [0.29, 0.717) is 6.10 Å². The molecule has 0 aromatic carbocycles. The van der Waals surface area contributed by atoms with Crippen LogP contribution >= 0.6 is 0 Å². The Morgan fingerprint density at radius 1 is 1.45 bits per heavy atom. The molecule has 0 aromatic heterocycles. The van der Waals surface area contributed by atoms with Crippen LogP contribution < -0.4 is 0 Å². The molecule has 66 valence electrons. The molecule has 1 fully saturated rings. The molecule has 1 rings (SSSR count). The molecule has 0 saturated carbocycles. The maximum atomic E-state index is 5.65. The highest BCUT2D eigenvalue weighted by atomic mass is 16.5. The first-order chi connectivity index (χ1) is 5.33. The van der Waals surface area contributed by atoms with Crippen LogP contribution in [-0.4, -0.2) is 12.7 Å². The van der Waals surface area contributed by atoms with E-state index in [1.54, 1.807) is 0 Å². The maximum absolute atomic E-state index is 5.65. The molecule has 2 atom stereocenters. The standard InChI is InChI=1S/C10H20O/c1-3-9(2)8-10-6-4-5-7-11-10/h9-10H,3-8H2,1-2H3. The molecule has 1 nitrogen and oxygen atoms in total. The second kappa shape index (κ2) is 4.76. The summed E-state index contributed by atoms with van der Waals surface area (Å²) in [7, 11) is 0. The van der Waals surface area contributed by atoms with Gasteiger partial charge in [-0.3, -0.25) is 0 Å². The Hall–Kier alpha value is -0.0400. The lowest BCUT2D eigenvalue weighted by atomic mass is 9.96. The molecule has 11 heavy (non-hydrogen) atoms. The smallest absolute Gasteiger partial charge is 0.0577 e. The van der Waals surface area contributed by atoms with Gasteiger partial charge in [-0.15, -0.1) is 0 Å². The van der Waals surface area contributed by atoms with Crippen LogP contribution in [0, 0.1) is 5.92 Å². The van der Waals surface area contributed by atoms with Crippen LogP contribution in [0.1, 0.15) is 46.0 Å². The Morgan fingerprint density at radius 2 is 2.27 bits per heavy atom. The van der Waals surface area contributed by atoms with Crippen LogP contribution in [0.2, 0.25) is 0 Å². The molecule has 1 heterocycles. The monoisotopic (exact) mass is 156 g/mol. The minimum absolute atomic E-state index is 0.582. The van der Waals surface area contributed by atoms with Gasteiger partial charge >= 0.3 is 0 Å². The van der Waals surface area contributed by atoms with E-state index in [4.69, 9.17) is 4.74 Å². The van der Waals surface area contributed by atoms with E-state index in [9.17, 15) is 0 Å². The zero-order chi connectivity index (χ0) is 8.10. The Bertz CT molecular complexity index is 95.0. The van der Waals surface area contributed by atoms with Gasteiger partial charge in [0.05, 0.1) is 6.10 Å². The quantitative estimate of drug-likeness (QED) is 0.610. The van der Waals surface area contributed by atoms with Crippen molar-refractivity contribution < 1.29 is 4.74 Å². The van der Waals surface area contributed by atoms with Crippen LogP contribution in [0.4, 0.5) is 0 Å². The first-order valence-electron chi connectivity index (χ1n) is 4.94. The third-order valence-corrected chi connectivity index (χ3v) is 2.64. The highest BCUT2D eigenvalue weighted by Crippen LogP contribution is 2.20. The minimum atomic E-state index is 0.582. The summed E-state index contributed by atoms with van der Waals surface area (Å²) < 4.78 is 5.65. The molecule has 1 saturated heterocycles. The molecule has 0 N–H and O–H groups in total. The van der Waals surface area contributed by atoms with E-state index < -0.39 is 0 Å². The van der Waals surface area contributed by atoms with E-state index in [2.05, 4.69) is 13.8 Å². The zero-order valence-electron chi connectivity index (χ0n) is 7.81. The first-order valence-corrected chi connectivity index (χ1v) is 4.94. The average Bonchev–Trinajstić information content (AvgIpc) is 2.06. The van der Waals surface area contributed by atoms with Crippen LogP contribution in [0.5, 0.6) is 0 Å². The van der Waals surface area contributed by atoms with Crippen molar-refractivity contribution in [1.82, 2.24) is 0 Å². The lowest BCUT2D eigenvalue weighted by Crippen LogP contribution is -2.21. The molecule has 1 aliphatic heterocycles. The van der Waals surface area contributed by atoms with Crippen molar-refractivity contribution in [3.8, 4) is 0 Å². The fraction of sp³-hybridized carbons (Fsp3) is 1.00. The average molecular weight is 156 g/mol. The first kappa shape index (κ1) is 9.05. The van der Waals surface area contributed by atoms with Gasteiger partial charge in [0, 0.05) is 6.61 Å². The summed E-state index contributed by atoms with van der Waals surface area (Å²) in [6.07, 6.45) is 7.09. The summed E-state index contributed by atoms with van der Waals surface area (Å²) in [5.74, 6) is 0.845. The molecule has 0 aliphatic carbocycles. The molecule has 0 amide bonds. The second-order valence-electron chi connectivity index (χ2n) is 3.74. The van der Waals surface area contributed by atoms with Gasteiger partial charge in [0.25, 0.3) is 0 Å². The van der Waals surface area contributed by atoms with Crippen molar-refractivity contribution >= 4 is 0 Å². The Kier molecular flexibility index (Phi) is 3.92. The van der Waals surface area contributed by atoms with Crippen molar-refractivity contribution in [1.29, 1.82) is 0 Å². The van der Waals surface area contributed by atoms with Gasteiger partial charge in [0.1, 0.15) is 0 Å². The predicted molar refractivity (Wildman–Crippen MR) is 47.7 cm³/mol. The summed E-state index contributed by atoms with van der Waals surface area (Å²) in [5.41, 5.74) is 0. The SMILES string of the molecule is CCC(C)CC1CCCCO1. The van der Waals surface area contributed by atoms with Crippen LogP contribution in [0.3, 0.4) is 0 Å². The fourth-order valence-electron chi connectivity index (χ4n) is 1.61. The van der Waals surface area contributed by atoms with Crippen LogP contribution in [0.25, 0.3) is 0 Å². The van der Waals surface area contributed by atoms with Gasteiger partial charge in [0.15, 0.2) is 0 Å². The Balaban J connectivity index is 2.13. The highest BCUT2D eigenvalue weighted by molar-refractivity contribution is 4.66. The zero-order valence-corrected chi connectivity index (χ0v) is 7.81. The highest BCUT2D eigenvalue weighted by Gasteiger charge is 2.15. The Labute approximate surface area is 70.1 Å². The lowest BCUT2D eigenvalue weighted by Gasteiger charge is -2.24. The summed E-state index contributed by atoms with van der Waals surface area (Å²) in [4.78, 5) is 0. The van der Waals surface area contributed by atoms with Crippen molar-refractivity contribution in [3.05, 3.63) is 0 Å². The predicted octanol–water partition coefficient (Wildman–Crippen LogP) is 2.99. The van der Waals surface area contributed by atoms with Gasteiger partial charge in [-0.1, -0.05) is 20.3 Å². The summed E-state index contributed by atoms with van der Waals surface area (Å²) in [6.45, 7) is 5.58. The molecule has 0 bridgehead atoms. The van der Waals surface area contributed by atoms with E-state index in [-0.39, 0.29) is 0 Å². The second-order valence-corrected chi connectivity index (χ2v) is 3.74. The molecule has 0 radical (unpaired) electrons. The normalized spacial score (nSPS) is 28.4. The molecular formula is C10H20O. The van der Waals surface area contributed by atoms with E-state index in [0.717, 1.165) is 12.5 Å². The van der Waals surface area contributed by atoms with Crippen LogP contribution in [0.15, 0.2) is 0 Å². The summed E-state index contributed by atoms with van der Waals surface area (Å²) in [5, 5.41) is 0. The molecule has 2 unspecified atom stereocenters. The topological polar surface area (TPSA) is 9.23 Å². The largest absolute Gasteiger partial charge is 0.378 e. The van der Waals surface area contributed by atoms with Gasteiger partial charge in [-0.2, -0.15) is 0 Å². The number of rotatable bonds is 3. The summed E-state index contributed by atoms with van der Waals surface area (Å²) >= 11 is 0. The number of hydrogen-bond acceptors (Lipinski definition) is 1. The minimum Gasteiger partial charge on any atom is -0.378 e. The van der Waals surface area contributed by atoms with Gasteiger partial charge < -0.3 is 4.74 Å². The van der Waals surface area contributed by atoms with Crippen LogP contribution in [-0.2, 0) is 4.74 Å². The lowest BCUT2D eigenvalue weighted by molar-refractivity contribution is 0.00260. The third kappa shape index (κ3) is 3.24. The van der Waals surface area contributed by atoms with E-state index >= 15 is 0 Å². The van der Waals surface area contributed by atoms with Gasteiger partial charge in [-0.25, -0.2) is 0 Å². The van der Waals surface area contributed by atoms with E-state index in [1.165, 1.54) is 32.1 Å². The molecule has 0 spiro atoms. The molecular weight excluding hydrogens is 136 g/mol. The Morgan fingerprint density at radius 3 is 2.82 bits per heavy atom. The molecule has 1 heteroatoms.